The molecule has 1 aliphatic rings. The molecule has 1 heterocycles. The normalized spacial score (nSPS) is 19.7. The smallest absolute Gasteiger partial charge is 0.238 e. The number of rotatable bonds is 7. The number of nitrogens with zero attached hydrogens (tertiary/aromatic N) is 1. The average molecular weight is 307 g/mol. The van der Waals surface area contributed by atoms with Crippen molar-refractivity contribution in [2.45, 2.75) is 25.9 Å². The van der Waals surface area contributed by atoms with Crippen LogP contribution in [0.25, 0.3) is 0 Å². The Morgan fingerprint density at radius 2 is 2.10 bits per heavy atom. The Bertz CT molecular complexity index is 430. The highest BCUT2D eigenvalue weighted by Crippen LogP contribution is 2.19. The van der Waals surface area contributed by atoms with Crippen LogP contribution in [-0.4, -0.2) is 48.1 Å². The lowest BCUT2D eigenvalue weighted by molar-refractivity contribution is -0.122. The van der Waals surface area contributed by atoms with E-state index in [2.05, 4.69) is 53.6 Å². The lowest BCUT2D eigenvalue weighted by atomic mass is 10.0. The third-order valence-electron chi connectivity index (χ3n) is 3.94. The van der Waals surface area contributed by atoms with Crippen molar-refractivity contribution in [3.05, 3.63) is 35.9 Å². The van der Waals surface area contributed by atoms with E-state index in [1.54, 1.807) is 11.8 Å². The van der Waals surface area contributed by atoms with Gasteiger partial charge in [-0.05, 0) is 18.7 Å². The number of carbonyl (C=O) groups excluding carboxylic acids is 1. The van der Waals surface area contributed by atoms with Crippen LogP contribution in [0.2, 0.25) is 0 Å². The van der Waals surface area contributed by atoms with Crippen LogP contribution < -0.4 is 10.6 Å². The van der Waals surface area contributed by atoms with Gasteiger partial charge < -0.3 is 5.32 Å². The van der Waals surface area contributed by atoms with Crippen molar-refractivity contribution in [3.8, 4) is 0 Å². The summed E-state index contributed by atoms with van der Waals surface area (Å²) in [6.07, 6.45) is 0. The topological polar surface area (TPSA) is 44.4 Å². The zero-order valence-corrected chi connectivity index (χ0v) is 13.7. The monoisotopic (exact) mass is 307 g/mol. The molecule has 1 aromatic carbocycles. The lowest BCUT2D eigenvalue weighted by Gasteiger charge is -2.30. The first kappa shape index (κ1) is 16.3. The number of thioether (sulfide) groups is 1. The third-order valence-corrected chi connectivity index (χ3v) is 4.88. The van der Waals surface area contributed by atoms with Crippen molar-refractivity contribution in [2.24, 2.45) is 0 Å². The lowest BCUT2D eigenvalue weighted by Crippen LogP contribution is -2.45. The maximum absolute atomic E-state index is 12.2. The molecule has 1 amide bonds. The van der Waals surface area contributed by atoms with Gasteiger partial charge in [0.05, 0.1) is 12.1 Å². The molecule has 0 saturated carbocycles. The minimum absolute atomic E-state index is 0.0388. The standard InChI is InChI=1S/C16H25N3OS/c1-3-19(4-2)15(13-8-6-5-7-9-13)10-17-16(20)14-11-21-12-18-14/h5-9,14-15,18H,3-4,10-12H2,1-2H3,(H,17,20). The molecule has 1 fully saturated rings. The number of benzene rings is 1. The predicted octanol–water partition coefficient (Wildman–Crippen LogP) is 1.85. The van der Waals surface area contributed by atoms with Crippen LogP contribution in [0, 0.1) is 0 Å². The van der Waals surface area contributed by atoms with E-state index in [0.717, 1.165) is 24.7 Å². The highest BCUT2D eigenvalue weighted by Gasteiger charge is 2.24. The third kappa shape index (κ3) is 4.46. The molecule has 2 N–H and O–H groups in total. The van der Waals surface area contributed by atoms with Gasteiger partial charge >= 0.3 is 0 Å². The molecule has 0 aromatic heterocycles. The molecule has 1 aromatic rings. The molecule has 0 aliphatic carbocycles. The summed E-state index contributed by atoms with van der Waals surface area (Å²) in [7, 11) is 0. The summed E-state index contributed by atoms with van der Waals surface area (Å²) < 4.78 is 0. The number of carbonyl (C=O) groups is 1. The van der Waals surface area contributed by atoms with Gasteiger partial charge in [0.2, 0.25) is 5.91 Å². The summed E-state index contributed by atoms with van der Waals surface area (Å²) in [5, 5.41) is 6.33. The Balaban J connectivity index is 2.00. The first-order valence-corrected chi connectivity index (χ1v) is 8.79. The number of hydrogen-bond acceptors (Lipinski definition) is 4. The Hall–Kier alpha value is -1.04. The van der Waals surface area contributed by atoms with E-state index in [4.69, 9.17) is 0 Å². The molecule has 2 atom stereocenters. The van der Waals surface area contributed by atoms with Crippen LogP contribution in [0.3, 0.4) is 0 Å². The van der Waals surface area contributed by atoms with Crippen molar-refractivity contribution in [1.29, 1.82) is 0 Å². The zero-order chi connectivity index (χ0) is 15.1. The molecule has 1 saturated heterocycles. The van der Waals surface area contributed by atoms with Gasteiger partial charge in [0.1, 0.15) is 0 Å². The Morgan fingerprint density at radius 1 is 1.38 bits per heavy atom. The van der Waals surface area contributed by atoms with Gasteiger partial charge in [0, 0.05) is 18.2 Å². The van der Waals surface area contributed by atoms with Gasteiger partial charge in [0.15, 0.2) is 0 Å². The average Bonchev–Trinajstić information content (AvgIpc) is 3.06. The van der Waals surface area contributed by atoms with E-state index < -0.39 is 0 Å². The maximum atomic E-state index is 12.2. The minimum Gasteiger partial charge on any atom is -0.353 e. The van der Waals surface area contributed by atoms with Crippen LogP contribution in [0.1, 0.15) is 25.5 Å². The molecule has 2 unspecified atom stereocenters. The van der Waals surface area contributed by atoms with Crippen molar-refractivity contribution < 1.29 is 4.79 Å². The SMILES string of the molecule is CCN(CC)C(CNC(=O)C1CSCN1)c1ccccc1. The van der Waals surface area contributed by atoms with E-state index in [1.807, 2.05) is 6.07 Å². The van der Waals surface area contributed by atoms with Crippen molar-refractivity contribution in [2.75, 3.05) is 31.3 Å². The summed E-state index contributed by atoms with van der Waals surface area (Å²) in [6.45, 7) is 6.94. The molecular formula is C16H25N3OS. The van der Waals surface area contributed by atoms with E-state index in [9.17, 15) is 4.79 Å². The first-order valence-electron chi connectivity index (χ1n) is 7.64. The van der Waals surface area contributed by atoms with Gasteiger partial charge in [0.25, 0.3) is 0 Å². The number of hydrogen-bond donors (Lipinski definition) is 2. The molecule has 116 valence electrons. The Labute approximate surface area is 131 Å². The predicted molar refractivity (Wildman–Crippen MR) is 89.4 cm³/mol. The highest BCUT2D eigenvalue weighted by atomic mass is 32.2. The second kappa shape index (κ2) is 8.41. The highest BCUT2D eigenvalue weighted by molar-refractivity contribution is 7.99. The maximum Gasteiger partial charge on any atom is 0.238 e. The minimum atomic E-state index is -0.0388. The zero-order valence-electron chi connectivity index (χ0n) is 12.8. The van der Waals surface area contributed by atoms with Gasteiger partial charge in [-0.15, -0.1) is 11.8 Å². The second-order valence-electron chi connectivity index (χ2n) is 5.16. The van der Waals surface area contributed by atoms with Crippen LogP contribution in [0.5, 0.6) is 0 Å². The molecule has 0 radical (unpaired) electrons. The summed E-state index contributed by atoms with van der Waals surface area (Å²) in [5.41, 5.74) is 1.26. The molecule has 1 aliphatic heterocycles. The molecule has 0 spiro atoms. The molecule has 0 bridgehead atoms. The molecule has 5 heteroatoms. The van der Waals surface area contributed by atoms with Crippen LogP contribution in [0.4, 0.5) is 0 Å². The van der Waals surface area contributed by atoms with Crippen LogP contribution in [-0.2, 0) is 4.79 Å². The number of amides is 1. The summed E-state index contributed by atoms with van der Waals surface area (Å²) in [4.78, 5) is 14.6. The summed E-state index contributed by atoms with van der Waals surface area (Å²) in [5.74, 6) is 1.86. The molecule has 21 heavy (non-hydrogen) atoms. The fourth-order valence-corrected chi connectivity index (χ4v) is 3.62. The first-order chi connectivity index (χ1) is 10.3. The van der Waals surface area contributed by atoms with Gasteiger partial charge in [-0.25, -0.2) is 0 Å². The fourth-order valence-electron chi connectivity index (χ4n) is 2.68. The molecular weight excluding hydrogens is 282 g/mol. The molecule has 2 rings (SSSR count). The van der Waals surface area contributed by atoms with Gasteiger partial charge in [-0.2, -0.15) is 0 Å². The van der Waals surface area contributed by atoms with Crippen LogP contribution in [0.15, 0.2) is 30.3 Å². The fraction of sp³-hybridized carbons (Fsp3) is 0.562. The Kier molecular flexibility index (Phi) is 6.54. The molecule has 4 nitrogen and oxygen atoms in total. The summed E-state index contributed by atoms with van der Waals surface area (Å²) >= 11 is 1.77. The van der Waals surface area contributed by atoms with E-state index in [1.165, 1.54) is 5.56 Å². The number of nitrogens with one attached hydrogen (secondary N) is 2. The quantitative estimate of drug-likeness (QED) is 0.807. The van der Waals surface area contributed by atoms with Crippen molar-refractivity contribution >= 4 is 17.7 Å². The largest absolute Gasteiger partial charge is 0.353 e. The van der Waals surface area contributed by atoms with Gasteiger partial charge in [-0.1, -0.05) is 44.2 Å². The van der Waals surface area contributed by atoms with Crippen LogP contribution >= 0.6 is 11.8 Å². The van der Waals surface area contributed by atoms with E-state index in [0.29, 0.717) is 6.54 Å². The second-order valence-corrected chi connectivity index (χ2v) is 6.19. The van der Waals surface area contributed by atoms with Crippen molar-refractivity contribution in [1.82, 2.24) is 15.5 Å². The van der Waals surface area contributed by atoms with Crippen molar-refractivity contribution in [3.63, 3.8) is 0 Å². The number of likely N-dealkylation sites (N-methyl/N-ethyl adjacent to an activating group) is 1. The Morgan fingerprint density at radius 3 is 2.67 bits per heavy atom. The summed E-state index contributed by atoms with van der Waals surface area (Å²) in [6, 6.07) is 10.6. The van der Waals surface area contributed by atoms with E-state index >= 15 is 0 Å². The van der Waals surface area contributed by atoms with Gasteiger partial charge in [-0.3, -0.25) is 15.0 Å². The van der Waals surface area contributed by atoms with E-state index in [-0.39, 0.29) is 18.0 Å².